The molecule has 1 aliphatic rings. The van der Waals surface area contributed by atoms with Gasteiger partial charge in [-0.1, -0.05) is 32.0 Å². The first-order chi connectivity index (χ1) is 18.2. The first kappa shape index (κ1) is 26.1. The van der Waals surface area contributed by atoms with Gasteiger partial charge in [0, 0.05) is 42.9 Å². The molecular weight excluding hydrogens is 474 g/mol. The summed E-state index contributed by atoms with van der Waals surface area (Å²) in [6, 6.07) is 14.4. The number of nitrogens with zero attached hydrogens (tertiary/aromatic N) is 6. The zero-order valence-corrected chi connectivity index (χ0v) is 23.5. The van der Waals surface area contributed by atoms with Crippen LogP contribution in [-0.4, -0.2) is 56.3 Å². The summed E-state index contributed by atoms with van der Waals surface area (Å²) in [5.74, 6) is 0.716. The van der Waals surface area contributed by atoms with Gasteiger partial charge in [-0.05, 0) is 97.3 Å². The maximum Gasteiger partial charge on any atom is 0.253 e. The molecule has 0 bridgehead atoms. The molecule has 1 aliphatic heterocycles. The van der Waals surface area contributed by atoms with Crippen molar-refractivity contribution in [3.05, 3.63) is 80.9 Å². The third-order valence-corrected chi connectivity index (χ3v) is 8.41. The van der Waals surface area contributed by atoms with Crippen molar-refractivity contribution in [2.24, 2.45) is 0 Å². The zero-order valence-electron chi connectivity index (χ0n) is 23.5. The molecule has 4 aromatic rings. The first-order valence-corrected chi connectivity index (χ1v) is 13.7. The number of hydrogen-bond acceptors (Lipinski definition) is 6. The number of pyridine rings is 1. The number of aryl methyl sites for hydroxylation is 2. The highest BCUT2D eigenvalue weighted by Crippen LogP contribution is 2.32. The maximum absolute atomic E-state index is 13.6. The van der Waals surface area contributed by atoms with Gasteiger partial charge in [-0.2, -0.15) is 0 Å². The minimum absolute atomic E-state index is 0.0902. The Morgan fingerprint density at radius 2 is 1.79 bits per heavy atom. The maximum atomic E-state index is 13.6. The fourth-order valence-corrected chi connectivity index (χ4v) is 5.44. The monoisotopic (exact) mass is 513 g/mol. The number of aromatic amines is 1. The fourth-order valence-electron chi connectivity index (χ4n) is 5.44. The van der Waals surface area contributed by atoms with E-state index in [9.17, 15) is 4.79 Å². The molecule has 1 saturated heterocycles. The van der Waals surface area contributed by atoms with Gasteiger partial charge in [0.15, 0.2) is 5.82 Å². The Bertz CT molecular complexity index is 1490. The minimum atomic E-state index is -0.352. The van der Waals surface area contributed by atoms with Crippen LogP contribution in [-0.2, 0) is 12.0 Å². The normalized spacial score (nSPS) is 15.8. The highest BCUT2D eigenvalue weighted by molar-refractivity contribution is 5.80. The molecular formula is C30H39N7O. The lowest BCUT2D eigenvalue weighted by molar-refractivity contribution is 0.186. The van der Waals surface area contributed by atoms with Crippen molar-refractivity contribution in [1.82, 2.24) is 30.1 Å². The summed E-state index contributed by atoms with van der Waals surface area (Å²) >= 11 is 0. The van der Waals surface area contributed by atoms with Crippen LogP contribution >= 0.6 is 0 Å². The summed E-state index contributed by atoms with van der Waals surface area (Å²) in [5, 5.41) is 14.1. The van der Waals surface area contributed by atoms with Crippen LogP contribution in [0.25, 0.3) is 10.9 Å². The van der Waals surface area contributed by atoms with E-state index in [1.807, 2.05) is 16.8 Å². The van der Waals surface area contributed by atoms with E-state index in [4.69, 9.17) is 0 Å². The lowest BCUT2D eigenvalue weighted by atomic mass is 9.98. The van der Waals surface area contributed by atoms with Crippen molar-refractivity contribution >= 4 is 16.6 Å². The second kappa shape index (κ2) is 10.3. The van der Waals surface area contributed by atoms with Gasteiger partial charge in [-0.15, -0.1) is 5.10 Å². The second-order valence-corrected chi connectivity index (χ2v) is 11.1. The van der Waals surface area contributed by atoms with Gasteiger partial charge < -0.3 is 9.88 Å². The molecule has 8 nitrogen and oxygen atoms in total. The molecule has 5 rings (SSSR count). The van der Waals surface area contributed by atoms with Crippen LogP contribution in [0.3, 0.4) is 0 Å². The van der Waals surface area contributed by atoms with Crippen molar-refractivity contribution in [3.63, 3.8) is 0 Å². The Morgan fingerprint density at radius 1 is 1.03 bits per heavy atom. The Morgan fingerprint density at radius 3 is 2.50 bits per heavy atom. The lowest BCUT2D eigenvalue weighted by Crippen LogP contribution is -2.49. The van der Waals surface area contributed by atoms with Crippen molar-refractivity contribution < 1.29 is 0 Å². The summed E-state index contributed by atoms with van der Waals surface area (Å²) in [6.45, 7) is 16.2. The number of H-pyrrole nitrogens is 1. The van der Waals surface area contributed by atoms with E-state index in [1.54, 1.807) is 0 Å². The molecule has 0 saturated carbocycles. The number of rotatable bonds is 7. The van der Waals surface area contributed by atoms with Crippen LogP contribution in [0.4, 0.5) is 5.69 Å². The van der Waals surface area contributed by atoms with Crippen molar-refractivity contribution in [1.29, 1.82) is 0 Å². The minimum Gasteiger partial charge on any atom is -0.369 e. The fraction of sp³-hybridized carbons (Fsp3) is 0.467. The first-order valence-electron chi connectivity index (χ1n) is 13.7. The summed E-state index contributed by atoms with van der Waals surface area (Å²) in [5.41, 5.74) is 6.32. The van der Waals surface area contributed by atoms with Crippen LogP contribution in [0, 0.1) is 13.8 Å². The number of tetrazole rings is 1. The topological polar surface area (TPSA) is 82.9 Å². The molecule has 0 amide bonds. The molecule has 1 unspecified atom stereocenters. The van der Waals surface area contributed by atoms with Gasteiger partial charge in [0.05, 0.1) is 5.54 Å². The van der Waals surface area contributed by atoms with E-state index < -0.39 is 0 Å². The zero-order chi connectivity index (χ0) is 27.0. The molecule has 1 atom stereocenters. The van der Waals surface area contributed by atoms with E-state index in [2.05, 4.69) is 102 Å². The number of aromatic nitrogens is 5. The Balaban J connectivity index is 1.57. The molecule has 2 aromatic carbocycles. The van der Waals surface area contributed by atoms with Crippen LogP contribution in [0.5, 0.6) is 0 Å². The number of nitrogens with one attached hydrogen (secondary N) is 1. The predicted octanol–water partition coefficient (Wildman–Crippen LogP) is 4.75. The SMILES string of the molecule is CCc1ccc2[nH]c(=O)c(C(c3nnnn3C(C)(C)CC)N3CCN(c4cccc(C)c4C)CC3)cc2c1. The standard InChI is InChI=1S/C30H39N7O/c1-7-22-12-13-25-23(18-22)19-24(29(38)31-25)27(28-32-33-34-37(28)30(5,6)8-2)36-16-14-35(15-17-36)26-11-9-10-20(3)21(26)4/h9-13,18-19,27H,7-8,14-17H2,1-6H3,(H,31,38). The molecule has 1 N–H and O–H groups in total. The van der Waals surface area contributed by atoms with Gasteiger partial charge in [0.1, 0.15) is 6.04 Å². The molecule has 3 heterocycles. The number of hydrogen-bond donors (Lipinski definition) is 1. The van der Waals surface area contributed by atoms with E-state index >= 15 is 0 Å². The average Bonchev–Trinajstić information content (AvgIpc) is 3.41. The average molecular weight is 514 g/mol. The lowest BCUT2D eigenvalue weighted by Gasteiger charge is -2.40. The van der Waals surface area contributed by atoms with E-state index in [1.165, 1.54) is 22.4 Å². The van der Waals surface area contributed by atoms with Crippen molar-refractivity contribution in [2.45, 2.75) is 66.0 Å². The largest absolute Gasteiger partial charge is 0.369 e. The third kappa shape index (κ3) is 4.73. The number of fused-ring (bicyclic) bond motifs is 1. The molecule has 0 radical (unpaired) electrons. The van der Waals surface area contributed by atoms with E-state index in [0.29, 0.717) is 11.4 Å². The van der Waals surface area contributed by atoms with Gasteiger partial charge in [-0.3, -0.25) is 9.69 Å². The summed E-state index contributed by atoms with van der Waals surface area (Å²) < 4.78 is 1.92. The van der Waals surface area contributed by atoms with E-state index in [0.717, 1.165) is 49.9 Å². The Kier molecular flexibility index (Phi) is 7.09. The molecule has 8 heteroatoms. The van der Waals surface area contributed by atoms with Crippen LogP contribution in [0.1, 0.15) is 68.2 Å². The Labute approximate surface area is 224 Å². The van der Waals surface area contributed by atoms with Crippen molar-refractivity contribution in [3.8, 4) is 0 Å². The second-order valence-electron chi connectivity index (χ2n) is 11.1. The van der Waals surface area contributed by atoms with Gasteiger partial charge in [0.25, 0.3) is 5.56 Å². The van der Waals surface area contributed by atoms with Crippen LogP contribution < -0.4 is 10.5 Å². The molecule has 0 spiro atoms. The smallest absolute Gasteiger partial charge is 0.253 e. The molecule has 2 aromatic heterocycles. The highest BCUT2D eigenvalue weighted by Gasteiger charge is 2.36. The van der Waals surface area contributed by atoms with Crippen LogP contribution in [0.2, 0.25) is 0 Å². The molecule has 200 valence electrons. The molecule has 0 aliphatic carbocycles. The number of benzene rings is 2. The van der Waals surface area contributed by atoms with Crippen molar-refractivity contribution in [2.75, 3.05) is 31.1 Å². The number of anilines is 1. The Hall–Kier alpha value is -3.52. The summed E-state index contributed by atoms with van der Waals surface area (Å²) in [7, 11) is 0. The molecule has 38 heavy (non-hydrogen) atoms. The van der Waals surface area contributed by atoms with Gasteiger partial charge in [0.2, 0.25) is 0 Å². The highest BCUT2D eigenvalue weighted by atomic mass is 16.1. The van der Waals surface area contributed by atoms with Gasteiger partial charge in [-0.25, -0.2) is 4.68 Å². The quantitative estimate of drug-likeness (QED) is 0.384. The third-order valence-electron chi connectivity index (χ3n) is 8.41. The number of piperazine rings is 1. The molecule has 1 fully saturated rings. The summed E-state index contributed by atoms with van der Waals surface area (Å²) in [6.07, 6.45) is 1.81. The van der Waals surface area contributed by atoms with Crippen LogP contribution in [0.15, 0.2) is 47.3 Å². The van der Waals surface area contributed by atoms with Gasteiger partial charge >= 0.3 is 0 Å². The van der Waals surface area contributed by atoms with E-state index in [-0.39, 0.29) is 17.1 Å². The predicted molar refractivity (Wildman–Crippen MR) is 153 cm³/mol. The summed E-state index contributed by atoms with van der Waals surface area (Å²) in [4.78, 5) is 21.6.